The van der Waals surface area contributed by atoms with Crippen LogP contribution >= 0.6 is 15.9 Å². The van der Waals surface area contributed by atoms with Gasteiger partial charge in [0.1, 0.15) is 5.75 Å². The summed E-state index contributed by atoms with van der Waals surface area (Å²) in [4.78, 5) is 12.6. The molecule has 0 radical (unpaired) electrons. The molecule has 3 aromatic rings. The maximum Gasteiger partial charge on any atom is 0.255 e. The van der Waals surface area contributed by atoms with Crippen LogP contribution in [0.25, 0.3) is 0 Å². The lowest BCUT2D eigenvalue weighted by Gasteiger charge is -2.10. The molecule has 0 saturated heterocycles. The number of carbonyl (C=O) groups excluding carboxylic acids is 1. The molecule has 3 rings (SSSR count). The standard InChI is InChI=1S/C22H21BrN2O4S/c1-29-21-12-7-17(15-20(21)23)22(26)25-18-8-10-19(11-9-18)30(27,28)24-14-13-16-5-3-2-4-6-16/h2-12,15,24H,13-14H2,1H3,(H,25,26). The van der Waals surface area contributed by atoms with Crippen LogP contribution < -0.4 is 14.8 Å². The quantitative estimate of drug-likeness (QED) is 0.496. The number of rotatable bonds is 8. The fourth-order valence-corrected chi connectivity index (χ4v) is 4.36. The van der Waals surface area contributed by atoms with E-state index in [1.807, 2.05) is 30.3 Å². The third kappa shape index (κ3) is 5.69. The summed E-state index contributed by atoms with van der Waals surface area (Å²) in [5.41, 5.74) is 2.00. The molecule has 0 heterocycles. The van der Waals surface area contributed by atoms with Crippen LogP contribution in [0.3, 0.4) is 0 Å². The molecule has 0 aromatic heterocycles. The molecule has 0 aliphatic rings. The van der Waals surface area contributed by atoms with E-state index in [-0.39, 0.29) is 10.8 Å². The van der Waals surface area contributed by atoms with Crippen molar-refractivity contribution in [1.29, 1.82) is 0 Å². The Bertz CT molecular complexity index is 1120. The fraction of sp³-hybridized carbons (Fsp3) is 0.136. The second-order valence-electron chi connectivity index (χ2n) is 6.46. The van der Waals surface area contributed by atoms with Gasteiger partial charge in [0.05, 0.1) is 16.5 Å². The van der Waals surface area contributed by atoms with Crippen LogP contribution in [0.4, 0.5) is 5.69 Å². The van der Waals surface area contributed by atoms with E-state index in [4.69, 9.17) is 4.74 Å². The number of benzene rings is 3. The molecule has 0 spiro atoms. The van der Waals surface area contributed by atoms with E-state index in [1.165, 1.54) is 12.1 Å². The number of sulfonamides is 1. The minimum absolute atomic E-state index is 0.140. The van der Waals surface area contributed by atoms with Gasteiger partial charge >= 0.3 is 0 Å². The number of halogens is 1. The molecule has 0 aliphatic carbocycles. The first-order chi connectivity index (χ1) is 14.4. The van der Waals surface area contributed by atoms with E-state index in [0.717, 1.165) is 5.56 Å². The zero-order valence-corrected chi connectivity index (χ0v) is 18.7. The molecule has 3 aromatic carbocycles. The Morgan fingerprint density at radius 2 is 1.70 bits per heavy atom. The van der Waals surface area contributed by atoms with Crippen molar-refractivity contribution < 1.29 is 17.9 Å². The molecule has 0 atom stereocenters. The van der Waals surface area contributed by atoms with E-state index in [2.05, 4.69) is 26.0 Å². The van der Waals surface area contributed by atoms with Gasteiger partial charge in [0.25, 0.3) is 5.91 Å². The molecule has 0 aliphatic heterocycles. The van der Waals surface area contributed by atoms with Gasteiger partial charge in [-0.1, -0.05) is 30.3 Å². The maximum absolute atomic E-state index is 12.5. The summed E-state index contributed by atoms with van der Waals surface area (Å²) < 4.78 is 33.3. The van der Waals surface area contributed by atoms with E-state index in [0.29, 0.717) is 34.4 Å². The molecule has 0 bridgehead atoms. The van der Waals surface area contributed by atoms with Crippen LogP contribution in [0.1, 0.15) is 15.9 Å². The van der Waals surface area contributed by atoms with Crippen molar-refractivity contribution in [3.8, 4) is 5.75 Å². The van der Waals surface area contributed by atoms with Crippen molar-refractivity contribution in [2.75, 3.05) is 19.0 Å². The second kappa shape index (κ2) is 9.88. The highest BCUT2D eigenvalue weighted by atomic mass is 79.9. The summed E-state index contributed by atoms with van der Waals surface area (Å²) in [6, 6.07) is 20.7. The third-order valence-electron chi connectivity index (χ3n) is 4.39. The minimum Gasteiger partial charge on any atom is -0.496 e. The number of anilines is 1. The number of ether oxygens (including phenoxy) is 1. The Morgan fingerprint density at radius 3 is 2.33 bits per heavy atom. The monoisotopic (exact) mass is 488 g/mol. The molecule has 30 heavy (non-hydrogen) atoms. The van der Waals surface area contributed by atoms with Gasteiger partial charge in [0, 0.05) is 17.8 Å². The average Bonchev–Trinajstić information content (AvgIpc) is 2.74. The Balaban J connectivity index is 1.61. The van der Waals surface area contributed by atoms with Crippen LogP contribution in [0.5, 0.6) is 5.75 Å². The first kappa shape index (κ1) is 22.0. The highest BCUT2D eigenvalue weighted by molar-refractivity contribution is 9.10. The Labute approximate surface area is 184 Å². The minimum atomic E-state index is -3.62. The number of carbonyl (C=O) groups is 1. The van der Waals surface area contributed by atoms with Crippen molar-refractivity contribution in [2.45, 2.75) is 11.3 Å². The van der Waals surface area contributed by atoms with E-state index in [1.54, 1.807) is 37.4 Å². The van der Waals surface area contributed by atoms with Gasteiger partial charge in [-0.15, -0.1) is 0 Å². The highest BCUT2D eigenvalue weighted by Crippen LogP contribution is 2.26. The lowest BCUT2D eigenvalue weighted by atomic mass is 10.2. The third-order valence-corrected chi connectivity index (χ3v) is 6.48. The topological polar surface area (TPSA) is 84.5 Å². The zero-order valence-electron chi connectivity index (χ0n) is 16.3. The van der Waals surface area contributed by atoms with Crippen LogP contribution in [0.2, 0.25) is 0 Å². The summed E-state index contributed by atoms with van der Waals surface area (Å²) in [5, 5.41) is 2.75. The normalized spacial score (nSPS) is 11.1. The molecular formula is C22H21BrN2O4S. The molecule has 2 N–H and O–H groups in total. The lowest BCUT2D eigenvalue weighted by Crippen LogP contribution is -2.26. The van der Waals surface area contributed by atoms with Gasteiger partial charge in [-0.3, -0.25) is 4.79 Å². The molecule has 8 heteroatoms. The van der Waals surface area contributed by atoms with E-state index < -0.39 is 10.0 Å². The summed E-state index contributed by atoms with van der Waals surface area (Å²) in [6.45, 7) is 0.303. The van der Waals surface area contributed by atoms with Gasteiger partial charge in [-0.25, -0.2) is 13.1 Å². The largest absolute Gasteiger partial charge is 0.496 e. The SMILES string of the molecule is COc1ccc(C(=O)Nc2ccc(S(=O)(=O)NCCc3ccccc3)cc2)cc1Br. The van der Waals surface area contributed by atoms with E-state index in [9.17, 15) is 13.2 Å². The van der Waals surface area contributed by atoms with Crippen molar-refractivity contribution >= 4 is 37.5 Å². The Morgan fingerprint density at radius 1 is 1.00 bits per heavy atom. The van der Waals surface area contributed by atoms with Crippen molar-refractivity contribution in [1.82, 2.24) is 4.72 Å². The maximum atomic E-state index is 12.5. The van der Waals surface area contributed by atoms with Crippen LogP contribution in [0, 0.1) is 0 Å². The molecule has 156 valence electrons. The predicted molar refractivity (Wildman–Crippen MR) is 120 cm³/mol. The van der Waals surface area contributed by atoms with Crippen LogP contribution in [-0.4, -0.2) is 28.0 Å². The number of nitrogens with one attached hydrogen (secondary N) is 2. The van der Waals surface area contributed by atoms with Crippen molar-refractivity contribution in [2.24, 2.45) is 0 Å². The molecular weight excluding hydrogens is 468 g/mol. The Kier molecular flexibility index (Phi) is 7.25. The summed E-state index contributed by atoms with van der Waals surface area (Å²) in [6.07, 6.45) is 0.603. The first-order valence-corrected chi connectivity index (χ1v) is 11.5. The van der Waals surface area contributed by atoms with E-state index >= 15 is 0 Å². The van der Waals surface area contributed by atoms with Gasteiger partial charge in [-0.2, -0.15) is 0 Å². The van der Waals surface area contributed by atoms with Gasteiger partial charge in [-0.05, 0) is 70.4 Å². The highest BCUT2D eigenvalue weighted by Gasteiger charge is 2.14. The smallest absolute Gasteiger partial charge is 0.255 e. The average molecular weight is 489 g/mol. The fourth-order valence-electron chi connectivity index (χ4n) is 2.79. The van der Waals surface area contributed by atoms with Crippen LogP contribution in [-0.2, 0) is 16.4 Å². The molecule has 6 nitrogen and oxygen atoms in total. The van der Waals surface area contributed by atoms with Crippen molar-refractivity contribution in [3.05, 3.63) is 88.4 Å². The molecule has 0 unspecified atom stereocenters. The first-order valence-electron chi connectivity index (χ1n) is 9.17. The molecule has 0 saturated carbocycles. The number of hydrogen-bond donors (Lipinski definition) is 2. The van der Waals surface area contributed by atoms with Gasteiger partial charge in [0.15, 0.2) is 0 Å². The zero-order chi connectivity index (χ0) is 21.6. The molecule has 1 amide bonds. The number of hydrogen-bond acceptors (Lipinski definition) is 4. The number of amides is 1. The van der Waals surface area contributed by atoms with Gasteiger partial charge < -0.3 is 10.1 Å². The number of methoxy groups -OCH3 is 1. The summed E-state index contributed by atoms with van der Waals surface area (Å²) in [7, 11) is -2.08. The summed E-state index contributed by atoms with van der Waals surface area (Å²) >= 11 is 3.35. The van der Waals surface area contributed by atoms with Crippen molar-refractivity contribution in [3.63, 3.8) is 0 Å². The Hall–Kier alpha value is -2.68. The predicted octanol–water partition coefficient (Wildman–Crippen LogP) is 4.23. The second-order valence-corrected chi connectivity index (χ2v) is 9.08. The summed E-state index contributed by atoms with van der Waals surface area (Å²) in [5.74, 6) is 0.316. The van der Waals surface area contributed by atoms with Gasteiger partial charge in [0.2, 0.25) is 10.0 Å². The lowest BCUT2D eigenvalue weighted by molar-refractivity contribution is 0.102. The van der Waals surface area contributed by atoms with Crippen LogP contribution in [0.15, 0.2) is 82.2 Å². The molecule has 0 fully saturated rings.